The second-order valence-electron chi connectivity index (χ2n) is 5.93. The van der Waals surface area contributed by atoms with Gasteiger partial charge in [-0.05, 0) is 12.8 Å². The summed E-state index contributed by atoms with van der Waals surface area (Å²) in [5, 5.41) is 7.03. The maximum absolute atomic E-state index is 12.6. The molecule has 1 fully saturated rings. The molecule has 118 valence electrons. The number of hydrogen-bond acceptors (Lipinski definition) is 6. The summed E-state index contributed by atoms with van der Waals surface area (Å²) in [5.41, 5.74) is 0.855. The number of thiazole rings is 1. The number of carbonyl (C=O) groups excluding carboxylic acids is 1. The van der Waals surface area contributed by atoms with E-state index in [4.69, 9.17) is 4.52 Å². The number of nitrogens with zero attached hydrogens (tertiary/aromatic N) is 4. The van der Waals surface area contributed by atoms with Crippen LogP contribution in [-0.2, 0) is 11.2 Å². The first-order chi connectivity index (χ1) is 10.5. The third kappa shape index (κ3) is 3.04. The van der Waals surface area contributed by atoms with Crippen molar-refractivity contribution < 1.29 is 9.32 Å². The molecule has 0 N–H and O–H groups in total. The maximum atomic E-state index is 12.6. The standard InChI is InChI=1S/C15H20N4O2S/c1-9(2)15-17-11(8-22-15)7-13(20)19-6-4-5-12(19)14-16-10(3)21-18-14/h8-9,12H,4-7H2,1-3H3/t12-/m0/s1. The van der Waals surface area contributed by atoms with Gasteiger partial charge < -0.3 is 9.42 Å². The number of hydrogen-bond donors (Lipinski definition) is 0. The van der Waals surface area contributed by atoms with E-state index in [-0.39, 0.29) is 11.9 Å². The Hall–Kier alpha value is -1.76. The largest absolute Gasteiger partial charge is 0.340 e. The summed E-state index contributed by atoms with van der Waals surface area (Å²) in [6.45, 7) is 6.73. The molecule has 7 heteroatoms. The number of likely N-dealkylation sites (tertiary alicyclic amines) is 1. The number of amides is 1. The fourth-order valence-corrected chi connectivity index (χ4v) is 3.54. The molecule has 0 unspecified atom stereocenters. The second-order valence-corrected chi connectivity index (χ2v) is 6.81. The van der Waals surface area contributed by atoms with Gasteiger partial charge in [-0.15, -0.1) is 11.3 Å². The van der Waals surface area contributed by atoms with E-state index in [9.17, 15) is 4.79 Å². The topological polar surface area (TPSA) is 72.1 Å². The first-order valence-electron chi connectivity index (χ1n) is 7.58. The van der Waals surface area contributed by atoms with Gasteiger partial charge in [0.25, 0.3) is 0 Å². The smallest absolute Gasteiger partial charge is 0.229 e. The van der Waals surface area contributed by atoms with E-state index < -0.39 is 0 Å². The van der Waals surface area contributed by atoms with Gasteiger partial charge in [-0.1, -0.05) is 19.0 Å². The van der Waals surface area contributed by atoms with Gasteiger partial charge in [0.05, 0.1) is 23.2 Å². The Morgan fingerprint density at radius 2 is 2.32 bits per heavy atom. The van der Waals surface area contributed by atoms with Gasteiger partial charge in [-0.3, -0.25) is 4.79 Å². The molecular weight excluding hydrogens is 300 g/mol. The van der Waals surface area contributed by atoms with Gasteiger partial charge in [0.2, 0.25) is 11.8 Å². The van der Waals surface area contributed by atoms with Crippen molar-refractivity contribution in [1.82, 2.24) is 20.0 Å². The number of carbonyl (C=O) groups is 1. The van der Waals surface area contributed by atoms with E-state index in [0.29, 0.717) is 24.1 Å². The van der Waals surface area contributed by atoms with Gasteiger partial charge in [0.15, 0.2) is 5.82 Å². The monoisotopic (exact) mass is 320 g/mol. The Kier molecular flexibility index (Phi) is 4.24. The predicted octanol–water partition coefficient (Wildman–Crippen LogP) is 2.86. The number of aryl methyl sites for hydroxylation is 1. The van der Waals surface area contributed by atoms with E-state index in [0.717, 1.165) is 30.1 Å². The molecule has 3 rings (SSSR count). The minimum atomic E-state index is -0.0619. The summed E-state index contributed by atoms with van der Waals surface area (Å²) < 4.78 is 5.04. The van der Waals surface area contributed by atoms with E-state index in [1.807, 2.05) is 10.3 Å². The molecule has 1 aliphatic heterocycles. The number of aromatic nitrogens is 3. The molecule has 0 spiro atoms. The fraction of sp³-hybridized carbons (Fsp3) is 0.600. The lowest BCUT2D eigenvalue weighted by molar-refractivity contribution is -0.131. The highest BCUT2D eigenvalue weighted by Crippen LogP contribution is 2.31. The molecule has 2 aromatic heterocycles. The summed E-state index contributed by atoms with van der Waals surface area (Å²) in [7, 11) is 0. The molecule has 3 heterocycles. The summed E-state index contributed by atoms with van der Waals surface area (Å²) in [6.07, 6.45) is 2.20. The van der Waals surface area contributed by atoms with Crippen LogP contribution in [0.2, 0.25) is 0 Å². The summed E-state index contributed by atoms with van der Waals surface area (Å²) in [6, 6.07) is -0.0619. The zero-order valence-corrected chi connectivity index (χ0v) is 13.9. The van der Waals surface area contributed by atoms with Crippen LogP contribution in [0.1, 0.15) is 61.1 Å². The normalized spacial score (nSPS) is 18.4. The summed E-state index contributed by atoms with van der Waals surface area (Å²) >= 11 is 1.62. The lowest BCUT2D eigenvalue weighted by atomic mass is 10.2. The molecule has 1 amide bonds. The molecule has 0 radical (unpaired) electrons. The quantitative estimate of drug-likeness (QED) is 0.866. The number of rotatable bonds is 4. The van der Waals surface area contributed by atoms with E-state index in [2.05, 4.69) is 29.0 Å². The van der Waals surface area contributed by atoms with Crippen molar-refractivity contribution in [2.24, 2.45) is 0 Å². The molecule has 1 saturated heterocycles. The van der Waals surface area contributed by atoms with Crippen molar-refractivity contribution in [3.05, 3.63) is 27.8 Å². The van der Waals surface area contributed by atoms with Crippen LogP contribution < -0.4 is 0 Å². The Labute approximate surface area is 133 Å². The molecule has 1 atom stereocenters. The Bertz CT molecular complexity index is 664. The second kappa shape index (κ2) is 6.16. The minimum Gasteiger partial charge on any atom is -0.340 e. The molecule has 0 saturated carbocycles. The summed E-state index contributed by atoms with van der Waals surface area (Å²) in [4.78, 5) is 23.3. The highest BCUT2D eigenvalue weighted by atomic mass is 32.1. The van der Waals surface area contributed by atoms with Crippen LogP contribution in [0.25, 0.3) is 0 Å². The highest BCUT2D eigenvalue weighted by Gasteiger charge is 2.33. The Morgan fingerprint density at radius 3 is 2.95 bits per heavy atom. The van der Waals surface area contributed by atoms with E-state index >= 15 is 0 Å². The fourth-order valence-electron chi connectivity index (χ4n) is 2.71. The lowest BCUT2D eigenvalue weighted by Crippen LogP contribution is -2.32. The zero-order chi connectivity index (χ0) is 15.7. The SMILES string of the molecule is Cc1nc([C@@H]2CCCN2C(=O)Cc2csc(C(C)C)n2)no1. The van der Waals surface area contributed by atoms with Crippen LogP contribution in [0, 0.1) is 6.92 Å². The van der Waals surface area contributed by atoms with Crippen LogP contribution in [0.15, 0.2) is 9.90 Å². The van der Waals surface area contributed by atoms with Crippen molar-refractivity contribution in [3.8, 4) is 0 Å². The van der Waals surface area contributed by atoms with Gasteiger partial charge in [0, 0.05) is 24.8 Å². The van der Waals surface area contributed by atoms with Crippen LogP contribution in [-0.4, -0.2) is 32.5 Å². The molecule has 0 bridgehead atoms. The molecular formula is C15H20N4O2S. The molecule has 0 aromatic carbocycles. The van der Waals surface area contributed by atoms with Crippen LogP contribution in [0.5, 0.6) is 0 Å². The third-order valence-corrected chi connectivity index (χ3v) is 5.00. The first kappa shape index (κ1) is 15.1. The van der Waals surface area contributed by atoms with E-state index in [1.165, 1.54) is 0 Å². The molecule has 2 aromatic rings. The van der Waals surface area contributed by atoms with Crippen molar-refractivity contribution in [3.63, 3.8) is 0 Å². The highest BCUT2D eigenvalue weighted by molar-refractivity contribution is 7.09. The van der Waals surface area contributed by atoms with Crippen LogP contribution >= 0.6 is 11.3 Å². The van der Waals surface area contributed by atoms with Crippen molar-refractivity contribution >= 4 is 17.2 Å². The van der Waals surface area contributed by atoms with Gasteiger partial charge in [-0.2, -0.15) is 4.98 Å². The minimum absolute atomic E-state index is 0.0619. The average molecular weight is 320 g/mol. The third-order valence-electron chi connectivity index (χ3n) is 3.81. The van der Waals surface area contributed by atoms with Crippen molar-refractivity contribution in [2.75, 3.05) is 6.54 Å². The molecule has 6 nitrogen and oxygen atoms in total. The first-order valence-corrected chi connectivity index (χ1v) is 8.46. The van der Waals surface area contributed by atoms with Gasteiger partial charge in [-0.25, -0.2) is 4.98 Å². The Morgan fingerprint density at radius 1 is 1.50 bits per heavy atom. The molecule has 22 heavy (non-hydrogen) atoms. The average Bonchev–Trinajstić information content (AvgIpc) is 3.16. The van der Waals surface area contributed by atoms with Crippen LogP contribution in [0.3, 0.4) is 0 Å². The molecule has 1 aliphatic rings. The molecule has 0 aliphatic carbocycles. The van der Waals surface area contributed by atoms with Crippen LogP contribution in [0.4, 0.5) is 0 Å². The maximum Gasteiger partial charge on any atom is 0.229 e. The van der Waals surface area contributed by atoms with Gasteiger partial charge >= 0.3 is 0 Å². The van der Waals surface area contributed by atoms with E-state index in [1.54, 1.807) is 18.3 Å². The zero-order valence-electron chi connectivity index (χ0n) is 13.1. The predicted molar refractivity (Wildman–Crippen MR) is 82.6 cm³/mol. The van der Waals surface area contributed by atoms with Crippen molar-refractivity contribution in [1.29, 1.82) is 0 Å². The Balaban J connectivity index is 1.70. The summed E-state index contributed by atoms with van der Waals surface area (Å²) in [5.74, 6) is 1.64. The van der Waals surface area contributed by atoms with Gasteiger partial charge in [0.1, 0.15) is 0 Å². The lowest BCUT2D eigenvalue weighted by Gasteiger charge is -2.21. The van der Waals surface area contributed by atoms with Crippen molar-refractivity contribution in [2.45, 2.75) is 52.0 Å².